The second kappa shape index (κ2) is 11.5. The van der Waals surface area contributed by atoms with E-state index in [0.717, 1.165) is 0 Å². The van der Waals surface area contributed by atoms with Crippen LogP contribution in [0.15, 0.2) is 24.0 Å². The first-order valence-electron chi connectivity index (χ1n) is 7.62. The Balaban J connectivity index is 0.00000289. The minimum atomic E-state index is 0. The van der Waals surface area contributed by atoms with Gasteiger partial charge in [0.15, 0.2) is 0 Å². The molecule has 1 nitrogen and oxygen atoms in total. The Bertz CT molecular complexity index is 245. The summed E-state index contributed by atoms with van der Waals surface area (Å²) in [6.45, 7) is 5.84. The third kappa shape index (κ3) is 6.95. The van der Waals surface area contributed by atoms with Crippen LogP contribution in [0.1, 0.15) is 71.6 Å². The molecule has 0 saturated heterocycles. The van der Waals surface area contributed by atoms with E-state index < -0.39 is 0 Å². The molecule has 1 heterocycles. The summed E-state index contributed by atoms with van der Waals surface area (Å²) in [6.07, 6.45) is 19.3. The van der Waals surface area contributed by atoms with Gasteiger partial charge in [-0.1, -0.05) is 52.4 Å². The van der Waals surface area contributed by atoms with Crippen LogP contribution in [0.25, 0.3) is 0 Å². The molecule has 1 N–H and O–H groups in total. The molecule has 0 fully saturated rings. The lowest BCUT2D eigenvalue weighted by atomic mass is 10.1. The molecule has 2 heteroatoms. The molecule has 0 aromatic heterocycles. The summed E-state index contributed by atoms with van der Waals surface area (Å²) in [5.41, 5.74) is 1.56. The molecule has 0 bridgehead atoms. The van der Waals surface area contributed by atoms with Crippen LogP contribution in [-0.4, -0.2) is 6.54 Å². The summed E-state index contributed by atoms with van der Waals surface area (Å²) in [4.78, 5) is 1.60. The molecular weight excluding hydrogens is 225 g/mol. The average molecular weight is 255 g/mol. The average Bonchev–Trinajstić information content (AvgIpc) is 2.80. The smallest absolute Gasteiger partial charge is 0.112 e. The molecule has 1 aliphatic heterocycles. The van der Waals surface area contributed by atoms with Crippen molar-refractivity contribution >= 4 is 0 Å². The highest BCUT2D eigenvalue weighted by Gasteiger charge is 2.13. The van der Waals surface area contributed by atoms with Crippen LogP contribution in [-0.2, 0) is 0 Å². The van der Waals surface area contributed by atoms with Gasteiger partial charge in [-0.2, -0.15) is 0 Å². The van der Waals surface area contributed by atoms with Gasteiger partial charge >= 0.3 is 0 Å². The standard InChI is InChI=1S/C16H29N.FH/c1-3-5-6-7-8-9-10-11-14-17-15-12-13-16(17)4-2;/h12-13,15H,3-11,14H2,1-2H3;1H. The third-order valence-corrected chi connectivity index (χ3v) is 3.69. The Morgan fingerprint density at radius 1 is 0.889 bits per heavy atom. The van der Waals surface area contributed by atoms with Crippen molar-refractivity contribution in [2.75, 3.05) is 6.54 Å². The number of allylic oxidation sites excluding steroid dienone is 3. The number of nitrogens with one attached hydrogen (secondary N) is 1. The molecule has 1 atom stereocenters. The number of hydrogen-bond acceptors (Lipinski definition) is 0. The van der Waals surface area contributed by atoms with Crippen LogP contribution in [0, 0.1) is 0 Å². The number of hydrogen-bond donors (Lipinski definition) is 1. The van der Waals surface area contributed by atoms with Crippen molar-refractivity contribution in [3.05, 3.63) is 24.0 Å². The van der Waals surface area contributed by atoms with Crippen LogP contribution < -0.4 is 9.60 Å². The molecule has 0 saturated carbocycles. The minimum absolute atomic E-state index is 0. The van der Waals surface area contributed by atoms with Crippen LogP contribution in [0.4, 0.5) is 0 Å². The van der Waals surface area contributed by atoms with Gasteiger partial charge in [-0.25, -0.2) is 0 Å². The fraction of sp³-hybridized carbons (Fsp3) is 0.750. The Morgan fingerprint density at radius 3 is 2.11 bits per heavy atom. The van der Waals surface area contributed by atoms with Gasteiger partial charge in [-0.05, 0) is 18.9 Å². The maximum atomic E-state index is 2.31. The quantitative estimate of drug-likeness (QED) is 0.552. The Morgan fingerprint density at radius 2 is 1.50 bits per heavy atom. The van der Waals surface area contributed by atoms with E-state index >= 15 is 0 Å². The predicted octanol–water partition coefficient (Wildman–Crippen LogP) is 0.837. The van der Waals surface area contributed by atoms with Crippen LogP contribution in [0.5, 0.6) is 0 Å². The van der Waals surface area contributed by atoms with Crippen molar-refractivity contribution in [1.29, 1.82) is 0 Å². The number of quaternary nitrogens is 1. The first kappa shape index (κ1) is 17.4. The van der Waals surface area contributed by atoms with Gasteiger partial charge in [-0.3, -0.25) is 4.90 Å². The molecular formula is C16H30FN. The Labute approximate surface area is 112 Å². The Hall–Kier alpha value is -0.630. The van der Waals surface area contributed by atoms with Gasteiger partial charge in [0.25, 0.3) is 0 Å². The molecule has 0 spiro atoms. The van der Waals surface area contributed by atoms with Gasteiger partial charge in [-0.15, -0.1) is 0 Å². The van der Waals surface area contributed by atoms with Crippen molar-refractivity contribution < 1.29 is 9.60 Å². The Kier molecular flexibility index (Phi) is 11.1. The van der Waals surface area contributed by atoms with Crippen LogP contribution in [0.2, 0.25) is 0 Å². The van der Waals surface area contributed by atoms with Gasteiger partial charge in [0, 0.05) is 12.5 Å². The summed E-state index contributed by atoms with van der Waals surface area (Å²) < 4.78 is 0. The van der Waals surface area contributed by atoms with Gasteiger partial charge in [0.2, 0.25) is 0 Å². The topological polar surface area (TPSA) is 4.44 Å². The summed E-state index contributed by atoms with van der Waals surface area (Å²) in [6, 6.07) is 0. The van der Waals surface area contributed by atoms with Crippen molar-refractivity contribution in [2.45, 2.75) is 71.6 Å². The molecule has 1 unspecified atom stereocenters. The molecule has 18 heavy (non-hydrogen) atoms. The van der Waals surface area contributed by atoms with Crippen LogP contribution in [0.3, 0.4) is 0 Å². The second-order valence-electron chi connectivity index (χ2n) is 5.15. The van der Waals surface area contributed by atoms with Crippen molar-refractivity contribution in [2.24, 2.45) is 0 Å². The van der Waals surface area contributed by atoms with Crippen molar-refractivity contribution in [3.63, 3.8) is 0 Å². The van der Waals surface area contributed by atoms with Gasteiger partial charge in [0.05, 0.1) is 12.7 Å². The third-order valence-electron chi connectivity index (χ3n) is 3.69. The monoisotopic (exact) mass is 255 g/mol. The zero-order valence-corrected chi connectivity index (χ0v) is 12.2. The van der Waals surface area contributed by atoms with E-state index in [1.165, 1.54) is 64.3 Å². The van der Waals surface area contributed by atoms with E-state index in [-0.39, 0.29) is 4.70 Å². The van der Waals surface area contributed by atoms with E-state index in [2.05, 4.69) is 32.2 Å². The maximum absolute atomic E-state index is 2.31. The molecule has 1 rings (SSSR count). The van der Waals surface area contributed by atoms with Crippen molar-refractivity contribution in [1.82, 2.24) is 0 Å². The van der Waals surface area contributed by atoms with E-state index in [9.17, 15) is 0 Å². The van der Waals surface area contributed by atoms with Crippen molar-refractivity contribution in [3.8, 4) is 0 Å². The SMILES string of the molecule is CCCCCCCCCC[NH+]1C=CC=C1CC.[F-]. The molecule has 0 aromatic rings. The lowest BCUT2D eigenvalue weighted by Crippen LogP contribution is -3.04. The second-order valence-corrected chi connectivity index (χ2v) is 5.15. The zero-order chi connectivity index (χ0) is 12.3. The number of halogens is 1. The van der Waals surface area contributed by atoms with E-state index in [4.69, 9.17) is 0 Å². The molecule has 0 aromatic carbocycles. The summed E-state index contributed by atoms with van der Waals surface area (Å²) in [5.74, 6) is 0. The summed E-state index contributed by atoms with van der Waals surface area (Å²) >= 11 is 0. The maximum Gasteiger partial charge on any atom is 0.112 e. The highest BCUT2D eigenvalue weighted by atomic mass is 19.0. The normalized spacial score (nSPS) is 17.7. The lowest BCUT2D eigenvalue weighted by molar-refractivity contribution is -0.804. The summed E-state index contributed by atoms with van der Waals surface area (Å²) in [5, 5.41) is 0. The lowest BCUT2D eigenvalue weighted by Gasteiger charge is -2.12. The number of unbranched alkanes of at least 4 members (excludes halogenated alkanes) is 7. The van der Waals surface area contributed by atoms with Gasteiger partial charge < -0.3 is 4.70 Å². The largest absolute Gasteiger partial charge is 1.00 e. The first-order valence-corrected chi connectivity index (χ1v) is 7.62. The predicted molar refractivity (Wildman–Crippen MR) is 76.0 cm³/mol. The first-order chi connectivity index (χ1) is 8.38. The summed E-state index contributed by atoms with van der Waals surface area (Å²) in [7, 11) is 0. The van der Waals surface area contributed by atoms with E-state index in [1.54, 1.807) is 10.6 Å². The molecule has 1 aliphatic rings. The molecule has 106 valence electrons. The molecule has 0 radical (unpaired) electrons. The van der Waals surface area contributed by atoms with E-state index in [1.807, 2.05) is 0 Å². The van der Waals surface area contributed by atoms with Crippen LogP contribution >= 0.6 is 0 Å². The van der Waals surface area contributed by atoms with Gasteiger partial charge in [0.1, 0.15) is 5.70 Å². The fourth-order valence-electron chi connectivity index (χ4n) is 2.53. The number of rotatable bonds is 10. The molecule has 0 aliphatic carbocycles. The fourth-order valence-corrected chi connectivity index (χ4v) is 2.53. The van der Waals surface area contributed by atoms with E-state index in [0.29, 0.717) is 0 Å². The highest BCUT2D eigenvalue weighted by Crippen LogP contribution is 2.08. The zero-order valence-electron chi connectivity index (χ0n) is 12.2. The molecule has 0 amide bonds. The highest BCUT2D eigenvalue weighted by molar-refractivity contribution is 5.09. The minimum Gasteiger partial charge on any atom is -1.00 e.